The Balaban J connectivity index is 0.00000132. The lowest BCUT2D eigenvalue weighted by molar-refractivity contribution is 0.0972. The van der Waals surface area contributed by atoms with Crippen molar-refractivity contribution in [3.05, 3.63) is 34.6 Å². The summed E-state index contributed by atoms with van der Waals surface area (Å²) >= 11 is 0. The van der Waals surface area contributed by atoms with Gasteiger partial charge in [0.1, 0.15) is 5.82 Å². The van der Waals surface area contributed by atoms with Crippen LogP contribution in [0.25, 0.3) is 0 Å². The van der Waals surface area contributed by atoms with E-state index in [4.69, 9.17) is 5.26 Å². The standard InChI is InChI=1S/C21H30FN3O.C3H8/c1-4-6-16(9-15(3)5-2)12-25-8-7-17-10-18(21(26)24-14-23)11-20(22)19(17)13-25;1-3-2/h10-11,15-16H,4-9,12-13H2,1-3H3,(H,24,26);3H2,1-2H3. The van der Waals surface area contributed by atoms with Crippen molar-refractivity contribution in [3.63, 3.8) is 0 Å². The van der Waals surface area contributed by atoms with Crippen LogP contribution in [-0.2, 0) is 13.0 Å². The second-order valence-corrected chi connectivity index (χ2v) is 8.26. The van der Waals surface area contributed by atoms with Crippen molar-refractivity contribution < 1.29 is 9.18 Å². The summed E-state index contributed by atoms with van der Waals surface area (Å²) in [5.41, 5.74) is 1.80. The van der Waals surface area contributed by atoms with Crippen molar-refractivity contribution >= 4 is 5.91 Å². The van der Waals surface area contributed by atoms with Crippen LogP contribution >= 0.6 is 0 Å². The third-order valence-corrected chi connectivity index (χ3v) is 5.44. The molecule has 1 N–H and O–H groups in total. The number of amides is 1. The third-order valence-electron chi connectivity index (χ3n) is 5.44. The van der Waals surface area contributed by atoms with Crippen LogP contribution < -0.4 is 5.32 Å². The molecule has 0 aliphatic carbocycles. The molecule has 1 amide bonds. The van der Waals surface area contributed by atoms with Crippen molar-refractivity contribution in [1.82, 2.24) is 10.2 Å². The van der Waals surface area contributed by atoms with Crippen LogP contribution in [0.1, 0.15) is 88.2 Å². The maximum absolute atomic E-state index is 14.6. The monoisotopic (exact) mass is 403 g/mol. The van der Waals surface area contributed by atoms with Crippen molar-refractivity contribution in [2.45, 2.75) is 79.7 Å². The molecule has 0 aromatic heterocycles. The topological polar surface area (TPSA) is 56.1 Å². The Labute approximate surface area is 176 Å². The number of fused-ring (bicyclic) bond motifs is 1. The first-order chi connectivity index (χ1) is 13.9. The molecule has 2 rings (SSSR count). The van der Waals surface area contributed by atoms with Gasteiger partial charge >= 0.3 is 0 Å². The first kappa shape index (κ1) is 25.1. The van der Waals surface area contributed by atoms with Crippen LogP contribution in [0.3, 0.4) is 0 Å². The molecule has 0 fully saturated rings. The lowest BCUT2D eigenvalue weighted by Gasteiger charge is -2.33. The van der Waals surface area contributed by atoms with Gasteiger partial charge in [0.2, 0.25) is 0 Å². The van der Waals surface area contributed by atoms with Crippen LogP contribution in [0.4, 0.5) is 4.39 Å². The lowest BCUT2D eigenvalue weighted by atomic mass is 9.89. The van der Waals surface area contributed by atoms with Gasteiger partial charge in [-0.3, -0.25) is 15.0 Å². The molecule has 0 bridgehead atoms. The first-order valence-electron chi connectivity index (χ1n) is 11.1. The molecular formula is C24H38FN3O. The minimum absolute atomic E-state index is 0.219. The highest BCUT2D eigenvalue weighted by Crippen LogP contribution is 2.27. The van der Waals surface area contributed by atoms with Crippen LogP contribution in [0.5, 0.6) is 0 Å². The van der Waals surface area contributed by atoms with Gasteiger partial charge in [-0.25, -0.2) is 4.39 Å². The Morgan fingerprint density at radius 3 is 2.59 bits per heavy atom. The molecule has 4 nitrogen and oxygen atoms in total. The normalized spacial score (nSPS) is 15.3. The van der Waals surface area contributed by atoms with E-state index in [2.05, 4.69) is 44.8 Å². The van der Waals surface area contributed by atoms with Crippen LogP contribution in [0, 0.1) is 29.1 Å². The van der Waals surface area contributed by atoms with Crippen molar-refractivity contribution in [1.29, 1.82) is 5.26 Å². The van der Waals surface area contributed by atoms with Gasteiger partial charge in [0.15, 0.2) is 6.19 Å². The fourth-order valence-electron chi connectivity index (χ4n) is 3.88. The summed E-state index contributed by atoms with van der Waals surface area (Å²) in [4.78, 5) is 14.1. The lowest BCUT2D eigenvalue weighted by Crippen LogP contribution is -2.36. The van der Waals surface area contributed by atoms with E-state index in [9.17, 15) is 9.18 Å². The van der Waals surface area contributed by atoms with Gasteiger partial charge in [-0.2, -0.15) is 5.26 Å². The predicted molar refractivity (Wildman–Crippen MR) is 117 cm³/mol. The fraction of sp³-hybridized carbons (Fsp3) is 0.667. The number of benzene rings is 1. The molecule has 1 aromatic rings. The van der Waals surface area contributed by atoms with Gasteiger partial charge in [-0.15, -0.1) is 0 Å². The zero-order chi connectivity index (χ0) is 21.8. The maximum atomic E-state index is 14.6. The van der Waals surface area contributed by atoms with E-state index in [1.54, 1.807) is 12.3 Å². The van der Waals surface area contributed by atoms with Gasteiger partial charge < -0.3 is 0 Å². The molecule has 5 heteroatoms. The van der Waals surface area contributed by atoms with Gasteiger partial charge in [-0.05, 0) is 48.8 Å². The van der Waals surface area contributed by atoms with E-state index in [0.717, 1.165) is 31.0 Å². The summed E-state index contributed by atoms with van der Waals surface area (Å²) in [6.07, 6.45) is 8.40. The number of halogens is 1. The summed E-state index contributed by atoms with van der Waals surface area (Å²) in [5, 5.41) is 10.6. The Bertz CT molecular complexity index is 683. The first-order valence-corrected chi connectivity index (χ1v) is 11.1. The molecule has 0 saturated heterocycles. The number of hydrogen-bond donors (Lipinski definition) is 1. The summed E-state index contributed by atoms with van der Waals surface area (Å²) in [7, 11) is 0. The molecular weight excluding hydrogens is 365 g/mol. The Kier molecular flexibility index (Phi) is 11.5. The number of nitriles is 1. The van der Waals surface area contributed by atoms with Gasteiger partial charge in [-0.1, -0.05) is 53.9 Å². The van der Waals surface area contributed by atoms with Gasteiger partial charge in [0, 0.05) is 30.8 Å². The molecule has 29 heavy (non-hydrogen) atoms. The molecule has 0 spiro atoms. The Morgan fingerprint density at radius 2 is 2.00 bits per heavy atom. The van der Waals surface area contributed by atoms with Crippen molar-refractivity contribution in [2.24, 2.45) is 11.8 Å². The van der Waals surface area contributed by atoms with E-state index < -0.39 is 5.91 Å². The van der Waals surface area contributed by atoms with Crippen molar-refractivity contribution in [3.8, 4) is 6.19 Å². The molecule has 0 saturated carbocycles. The number of nitrogens with one attached hydrogen (secondary N) is 1. The number of rotatable bonds is 8. The summed E-state index contributed by atoms with van der Waals surface area (Å²) in [5.74, 6) is 0.485. The third kappa shape index (κ3) is 8.14. The summed E-state index contributed by atoms with van der Waals surface area (Å²) in [6.45, 7) is 13.5. The quantitative estimate of drug-likeness (QED) is 0.450. The molecule has 1 aromatic carbocycles. The second kappa shape index (κ2) is 13.3. The van der Waals surface area contributed by atoms with Crippen molar-refractivity contribution in [2.75, 3.05) is 13.1 Å². The average Bonchev–Trinajstić information content (AvgIpc) is 2.69. The minimum Gasteiger partial charge on any atom is -0.298 e. The van der Waals surface area contributed by atoms with Crippen LogP contribution in [0.2, 0.25) is 0 Å². The SMILES string of the molecule is CCC.CCCC(CC(C)CC)CN1CCc2cc(C(=O)NC#N)cc(F)c2C1. The van der Waals surface area contributed by atoms with E-state index in [-0.39, 0.29) is 11.4 Å². The highest BCUT2D eigenvalue weighted by atomic mass is 19.1. The molecule has 2 atom stereocenters. The molecule has 1 aliphatic heterocycles. The van der Waals surface area contributed by atoms with Gasteiger partial charge in [0.05, 0.1) is 0 Å². The number of carbonyl (C=O) groups excluding carboxylic acids is 1. The zero-order valence-corrected chi connectivity index (χ0v) is 18.9. The minimum atomic E-state index is -0.548. The Hall–Kier alpha value is -1.93. The van der Waals surface area contributed by atoms with Crippen LogP contribution in [-0.4, -0.2) is 23.9 Å². The second-order valence-electron chi connectivity index (χ2n) is 8.26. The van der Waals surface area contributed by atoms with E-state index in [0.29, 0.717) is 18.0 Å². The molecule has 2 unspecified atom stereocenters. The number of hydrogen-bond acceptors (Lipinski definition) is 3. The summed E-state index contributed by atoms with van der Waals surface area (Å²) in [6, 6.07) is 2.97. The van der Waals surface area contributed by atoms with E-state index in [1.165, 1.54) is 38.2 Å². The number of carbonyl (C=O) groups is 1. The smallest absolute Gasteiger partial charge is 0.264 e. The Morgan fingerprint density at radius 1 is 1.31 bits per heavy atom. The van der Waals surface area contributed by atoms with E-state index in [1.807, 2.05) is 0 Å². The molecule has 0 radical (unpaired) electrons. The predicted octanol–water partition coefficient (Wildman–Crippen LogP) is 5.66. The van der Waals surface area contributed by atoms with E-state index >= 15 is 0 Å². The maximum Gasteiger partial charge on any atom is 0.264 e. The molecule has 1 aliphatic rings. The van der Waals surface area contributed by atoms with Crippen LogP contribution in [0.15, 0.2) is 12.1 Å². The number of nitrogens with zero attached hydrogens (tertiary/aromatic N) is 2. The molecule has 1 heterocycles. The highest BCUT2D eigenvalue weighted by Gasteiger charge is 2.24. The summed E-state index contributed by atoms with van der Waals surface area (Å²) < 4.78 is 14.6. The van der Waals surface area contributed by atoms with Gasteiger partial charge in [0.25, 0.3) is 5.91 Å². The largest absolute Gasteiger partial charge is 0.298 e. The fourth-order valence-corrected chi connectivity index (χ4v) is 3.88. The molecule has 162 valence electrons. The zero-order valence-electron chi connectivity index (χ0n) is 18.9. The highest BCUT2D eigenvalue weighted by molar-refractivity contribution is 5.95. The average molecular weight is 404 g/mol.